The highest BCUT2D eigenvalue weighted by Gasteiger charge is 2.25. The number of hydrogen-bond acceptors (Lipinski definition) is 5. The van der Waals surface area contributed by atoms with Gasteiger partial charge >= 0.3 is 5.97 Å². The number of aromatic carboxylic acids is 1. The van der Waals surface area contributed by atoms with Gasteiger partial charge in [0.15, 0.2) is 0 Å². The van der Waals surface area contributed by atoms with Crippen molar-refractivity contribution in [1.82, 2.24) is 0 Å². The molecule has 1 aromatic rings. The second-order valence-electron chi connectivity index (χ2n) is 2.98. The number of carboxylic acids is 1. The van der Waals surface area contributed by atoms with Gasteiger partial charge < -0.3 is 5.11 Å². The van der Waals surface area contributed by atoms with Crippen LogP contribution >= 0.6 is 0 Å². The first-order valence-corrected chi connectivity index (χ1v) is 4.01. The number of nitro groups is 2. The fraction of sp³-hybridized carbons (Fsp3) is 0.125. The van der Waals surface area contributed by atoms with Gasteiger partial charge in [-0.2, -0.15) is 0 Å². The first-order valence-electron chi connectivity index (χ1n) is 4.01. The van der Waals surface area contributed by atoms with Crippen LogP contribution in [0.5, 0.6) is 0 Å². The number of hydrogen-bond donors (Lipinski definition) is 1. The number of carbonyl (C=O) groups is 1. The Hall–Kier alpha value is -2.51. The summed E-state index contributed by atoms with van der Waals surface area (Å²) in [6.45, 7) is 1.31. The maximum Gasteiger partial charge on any atom is 0.342 e. The Labute approximate surface area is 88.4 Å². The van der Waals surface area contributed by atoms with Crippen LogP contribution in [0.25, 0.3) is 0 Å². The van der Waals surface area contributed by atoms with Crippen LogP contribution in [0, 0.1) is 27.2 Å². The van der Waals surface area contributed by atoms with Crippen LogP contribution in [0.3, 0.4) is 0 Å². The zero-order valence-electron chi connectivity index (χ0n) is 8.04. The third-order valence-corrected chi connectivity index (χ3v) is 1.94. The van der Waals surface area contributed by atoms with Gasteiger partial charge in [-0.05, 0) is 13.0 Å². The summed E-state index contributed by atoms with van der Waals surface area (Å²) < 4.78 is 0. The molecule has 8 heteroatoms. The van der Waals surface area contributed by atoms with E-state index in [0.717, 1.165) is 6.07 Å². The van der Waals surface area contributed by atoms with Crippen LogP contribution in [-0.2, 0) is 0 Å². The van der Waals surface area contributed by atoms with Crippen molar-refractivity contribution in [3.63, 3.8) is 0 Å². The Morgan fingerprint density at radius 2 is 1.69 bits per heavy atom. The molecule has 0 spiro atoms. The van der Waals surface area contributed by atoms with E-state index in [0.29, 0.717) is 6.07 Å². The average molecular weight is 226 g/mol. The summed E-state index contributed by atoms with van der Waals surface area (Å²) in [6, 6.07) is 1.57. The van der Waals surface area contributed by atoms with E-state index in [4.69, 9.17) is 5.11 Å². The summed E-state index contributed by atoms with van der Waals surface area (Å²) in [5.74, 6) is -1.50. The summed E-state index contributed by atoms with van der Waals surface area (Å²) in [6.07, 6.45) is 0. The van der Waals surface area contributed by atoms with Crippen LogP contribution in [0.2, 0.25) is 0 Å². The average Bonchev–Trinajstić information content (AvgIpc) is 2.15. The minimum atomic E-state index is -1.50. The number of rotatable bonds is 3. The van der Waals surface area contributed by atoms with Gasteiger partial charge in [0.2, 0.25) is 0 Å². The lowest BCUT2D eigenvalue weighted by Crippen LogP contribution is -2.05. The second-order valence-corrected chi connectivity index (χ2v) is 2.98. The minimum Gasteiger partial charge on any atom is -0.477 e. The zero-order valence-corrected chi connectivity index (χ0v) is 8.04. The Morgan fingerprint density at radius 1 is 1.19 bits per heavy atom. The Morgan fingerprint density at radius 3 is 2.06 bits per heavy atom. The molecular weight excluding hydrogens is 220 g/mol. The molecule has 0 heterocycles. The molecule has 0 unspecified atom stereocenters. The van der Waals surface area contributed by atoms with E-state index in [1.54, 1.807) is 0 Å². The van der Waals surface area contributed by atoms with E-state index in [1.165, 1.54) is 6.92 Å². The fourth-order valence-corrected chi connectivity index (χ4v) is 1.20. The molecule has 16 heavy (non-hydrogen) atoms. The van der Waals surface area contributed by atoms with Crippen LogP contribution in [0.4, 0.5) is 11.4 Å². The van der Waals surface area contributed by atoms with E-state index in [-0.39, 0.29) is 5.56 Å². The Kier molecular flexibility index (Phi) is 2.84. The highest BCUT2D eigenvalue weighted by Crippen LogP contribution is 2.28. The highest BCUT2D eigenvalue weighted by molar-refractivity contribution is 5.93. The molecule has 0 saturated heterocycles. The zero-order chi connectivity index (χ0) is 12.5. The van der Waals surface area contributed by atoms with Crippen molar-refractivity contribution in [2.24, 2.45) is 0 Å². The number of benzene rings is 1. The van der Waals surface area contributed by atoms with E-state index in [2.05, 4.69) is 0 Å². The smallest absolute Gasteiger partial charge is 0.342 e. The molecule has 0 atom stereocenters. The molecule has 0 aliphatic rings. The van der Waals surface area contributed by atoms with E-state index >= 15 is 0 Å². The SMILES string of the molecule is Cc1cc(C(=O)O)c([N+](=O)[O-])cc1[N+](=O)[O-]. The summed E-state index contributed by atoms with van der Waals surface area (Å²) in [5.41, 5.74) is -1.76. The number of nitro benzene ring substituents is 2. The quantitative estimate of drug-likeness (QED) is 0.615. The van der Waals surface area contributed by atoms with Gasteiger partial charge in [-0.1, -0.05) is 0 Å². The molecule has 1 rings (SSSR count). The van der Waals surface area contributed by atoms with Gasteiger partial charge in [0.05, 0.1) is 15.9 Å². The molecule has 1 aromatic carbocycles. The van der Waals surface area contributed by atoms with Crippen LogP contribution in [0.15, 0.2) is 12.1 Å². The maximum atomic E-state index is 10.7. The van der Waals surface area contributed by atoms with Crippen molar-refractivity contribution >= 4 is 17.3 Å². The third-order valence-electron chi connectivity index (χ3n) is 1.94. The maximum absolute atomic E-state index is 10.7. The molecule has 0 fully saturated rings. The van der Waals surface area contributed by atoms with Crippen molar-refractivity contribution in [3.8, 4) is 0 Å². The van der Waals surface area contributed by atoms with Crippen molar-refractivity contribution in [3.05, 3.63) is 43.5 Å². The number of carboxylic acid groups (broad SMARTS) is 1. The number of nitrogens with zero attached hydrogens (tertiary/aromatic N) is 2. The summed E-state index contributed by atoms with van der Waals surface area (Å²) in [7, 11) is 0. The topological polar surface area (TPSA) is 124 Å². The molecule has 0 bridgehead atoms. The van der Waals surface area contributed by atoms with Gasteiger partial charge in [-0.3, -0.25) is 20.2 Å². The molecule has 0 saturated carbocycles. The van der Waals surface area contributed by atoms with Crippen LogP contribution in [0.1, 0.15) is 15.9 Å². The second kappa shape index (κ2) is 3.93. The third kappa shape index (κ3) is 1.95. The van der Waals surface area contributed by atoms with Crippen molar-refractivity contribution < 1.29 is 19.7 Å². The standard InChI is InChI=1S/C8H6N2O6/c1-4-2-5(8(11)12)7(10(15)16)3-6(4)9(13)14/h2-3H,1H3,(H,11,12). The normalized spacial score (nSPS) is 9.81. The monoisotopic (exact) mass is 226 g/mol. The lowest BCUT2D eigenvalue weighted by Gasteiger charge is -2.00. The predicted octanol–water partition coefficient (Wildman–Crippen LogP) is 1.51. The van der Waals surface area contributed by atoms with Gasteiger partial charge in [0.25, 0.3) is 11.4 Å². The molecule has 0 amide bonds. The molecule has 0 aromatic heterocycles. The van der Waals surface area contributed by atoms with Gasteiger partial charge in [-0.25, -0.2) is 4.79 Å². The van der Waals surface area contributed by atoms with Crippen molar-refractivity contribution in [2.45, 2.75) is 6.92 Å². The molecular formula is C8H6N2O6. The van der Waals surface area contributed by atoms with E-state index in [9.17, 15) is 25.0 Å². The van der Waals surface area contributed by atoms with Gasteiger partial charge in [0.1, 0.15) is 5.56 Å². The van der Waals surface area contributed by atoms with Crippen LogP contribution < -0.4 is 0 Å². The summed E-state index contributed by atoms with van der Waals surface area (Å²) in [5, 5.41) is 29.7. The number of aryl methyl sites for hydroxylation is 1. The van der Waals surface area contributed by atoms with E-state index < -0.39 is 32.8 Å². The van der Waals surface area contributed by atoms with Crippen LogP contribution in [-0.4, -0.2) is 20.9 Å². The largest absolute Gasteiger partial charge is 0.477 e. The minimum absolute atomic E-state index is 0.0630. The first kappa shape index (κ1) is 11.6. The van der Waals surface area contributed by atoms with E-state index in [1.807, 2.05) is 0 Å². The lowest BCUT2D eigenvalue weighted by molar-refractivity contribution is -0.394. The summed E-state index contributed by atoms with van der Waals surface area (Å²) >= 11 is 0. The van der Waals surface area contributed by atoms with Gasteiger partial charge in [0, 0.05) is 5.56 Å². The Balaban J connectivity index is 3.55. The Bertz CT molecular complexity index is 496. The molecule has 0 aliphatic carbocycles. The van der Waals surface area contributed by atoms with Crippen molar-refractivity contribution in [2.75, 3.05) is 0 Å². The highest BCUT2D eigenvalue weighted by atomic mass is 16.6. The molecule has 1 N–H and O–H groups in total. The molecule has 0 aliphatic heterocycles. The predicted molar refractivity (Wildman–Crippen MR) is 51.4 cm³/mol. The molecule has 84 valence electrons. The van der Waals surface area contributed by atoms with Gasteiger partial charge in [-0.15, -0.1) is 0 Å². The molecule has 0 radical (unpaired) electrons. The lowest BCUT2D eigenvalue weighted by atomic mass is 10.1. The summed E-state index contributed by atoms with van der Waals surface area (Å²) in [4.78, 5) is 30.0. The molecule has 8 nitrogen and oxygen atoms in total. The first-order chi connectivity index (χ1) is 7.34. The van der Waals surface area contributed by atoms with Crippen molar-refractivity contribution in [1.29, 1.82) is 0 Å². The fourth-order valence-electron chi connectivity index (χ4n) is 1.20.